The topological polar surface area (TPSA) is 29.5 Å². The molecule has 1 aliphatic heterocycles. The van der Waals surface area contributed by atoms with Crippen molar-refractivity contribution in [1.29, 1.82) is 0 Å². The molecular formula is C19H20FNO2S. The molecule has 0 aliphatic carbocycles. The monoisotopic (exact) mass is 345 g/mol. The third-order valence-corrected chi connectivity index (χ3v) is 5.35. The molecule has 0 fully saturated rings. The van der Waals surface area contributed by atoms with Gasteiger partial charge in [0.15, 0.2) is 11.6 Å². The molecule has 0 saturated heterocycles. The van der Waals surface area contributed by atoms with Gasteiger partial charge in [-0.3, -0.25) is 4.79 Å². The van der Waals surface area contributed by atoms with Gasteiger partial charge in [-0.05, 0) is 36.2 Å². The number of para-hydroxylation sites is 1. The number of amides is 1. The Hall–Kier alpha value is -2.01. The molecule has 126 valence electrons. The highest BCUT2D eigenvalue weighted by atomic mass is 32.2. The lowest BCUT2D eigenvalue weighted by atomic mass is 10.1. The summed E-state index contributed by atoms with van der Waals surface area (Å²) < 4.78 is 18.8. The van der Waals surface area contributed by atoms with Crippen LogP contribution in [0.4, 0.5) is 10.1 Å². The number of rotatable bonds is 3. The van der Waals surface area contributed by atoms with Gasteiger partial charge in [0.1, 0.15) is 0 Å². The number of thioether (sulfide) groups is 1. The van der Waals surface area contributed by atoms with E-state index in [4.69, 9.17) is 4.74 Å². The number of methoxy groups -OCH3 is 1. The smallest absolute Gasteiger partial charge is 0.231 e. The highest BCUT2D eigenvalue weighted by Gasteiger charge is 2.24. The molecule has 5 heteroatoms. The van der Waals surface area contributed by atoms with Crippen molar-refractivity contribution in [2.24, 2.45) is 0 Å². The molecule has 24 heavy (non-hydrogen) atoms. The van der Waals surface area contributed by atoms with Gasteiger partial charge in [0.25, 0.3) is 0 Å². The van der Waals surface area contributed by atoms with Crippen LogP contribution in [0.5, 0.6) is 5.75 Å². The molecule has 3 nitrogen and oxygen atoms in total. The molecule has 2 aromatic rings. The predicted octanol–water partition coefficient (Wildman–Crippen LogP) is 4.29. The van der Waals surface area contributed by atoms with Crippen molar-refractivity contribution in [2.75, 3.05) is 18.6 Å². The first-order valence-electron chi connectivity index (χ1n) is 7.97. The number of benzene rings is 2. The van der Waals surface area contributed by atoms with Gasteiger partial charge >= 0.3 is 0 Å². The Kier molecular flexibility index (Phi) is 5.09. The third kappa shape index (κ3) is 3.56. The van der Waals surface area contributed by atoms with Gasteiger partial charge in [0.05, 0.1) is 19.2 Å². The lowest BCUT2D eigenvalue weighted by molar-refractivity contribution is -0.118. The van der Waals surface area contributed by atoms with Gasteiger partial charge in [-0.1, -0.05) is 25.1 Å². The van der Waals surface area contributed by atoms with Crippen molar-refractivity contribution in [3.63, 3.8) is 0 Å². The average molecular weight is 345 g/mol. The fourth-order valence-corrected chi connectivity index (χ4v) is 3.95. The summed E-state index contributed by atoms with van der Waals surface area (Å²) in [5.41, 5.74) is 1.60. The molecule has 0 aromatic heterocycles. The second-order valence-electron chi connectivity index (χ2n) is 5.88. The fraction of sp³-hybridized carbons (Fsp3) is 0.316. The van der Waals surface area contributed by atoms with Crippen molar-refractivity contribution in [3.05, 3.63) is 53.8 Å². The van der Waals surface area contributed by atoms with Crippen LogP contribution >= 0.6 is 11.8 Å². The summed E-state index contributed by atoms with van der Waals surface area (Å²) in [5, 5.41) is 0.461. The molecule has 1 amide bonds. The Morgan fingerprint density at radius 2 is 2.12 bits per heavy atom. The first kappa shape index (κ1) is 16.8. The minimum Gasteiger partial charge on any atom is -0.494 e. The van der Waals surface area contributed by atoms with Crippen molar-refractivity contribution in [2.45, 2.75) is 29.9 Å². The number of nitrogens with zero attached hydrogens (tertiary/aromatic N) is 1. The van der Waals surface area contributed by atoms with Gasteiger partial charge in [-0.15, -0.1) is 11.8 Å². The lowest BCUT2D eigenvalue weighted by Crippen LogP contribution is -2.33. The second-order valence-corrected chi connectivity index (χ2v) is 7.36. The van der Waals surface area contributed by atoms with Crippen LogP contribution in [0.15, 0.2) is 47.4 Å². The van der Waals surface area contributed by atoms with Crippen LogP contribution in [-0.2, 0) is 11.2 Å². The van der Waals surface area contributed by atoms with E-state index in [1.807, 2.05) is 23.1 Å². The first-order valence-corrected chi connectivity index (χ1v) is 8.85. The quantitative estimate of drug-likeness (QED) is 0.831. The zero-order chi connectivity index (χ0) is 17.1. The Balaban J connectivity index is 1.83. The zero-order valence-electron chi connectivity index (χ0n) is 13.8. The van der Waals surface area contributed by atoms with Crippen molar-refractivity contribution < 1.29 is 13.9 Å². The summed E-state index contributed by atoms with van der Waals surface area (Å²) in [5.74, 6) is -0.262. The second kappa shape index (κ2) is 7.26. The number of fused-ring (bicyclic) bond motifs is 1. The normalized spacial score (nSPS) is 17.1. The Bertz CT molecular complexity index is 750. The summed E-state index contributed by atoms with van der Waals surface area (Å²) in [7, 11) is 1.43. The van der Waals surface area contributed by atoms with E-state index in [0.29, 0.717) is 17.4 Å². The van der Waals surface area contributed by atoms with Crippen molar-refractivity contribution >= 4 is 23.4 Å². The number of hydrogen-bond donors (Lipinski definition) is 0. The predicted molar refractivity (Wildman–Crippen MR) is 95.4 cm³/mol. The van der Waals surface area contributed by atoms with Crippen LogP contribution in [0, 0.1) is 5.82 Å². The van der Waals surface area contributed by atoms with Gasteiger partial charge in [-0.25, -0.2) is 4.39 Å². The molecular weight excluding hydrogens is 325 g/mol. The van der Waals surface area contributed by atoms with E-state index in [1.54, 1.807) is 23.9 Å². The van der Waals surface area contributed by atoms with Crippen LogP contribution in [0.2, 0.25) is 0 Å². The summed E-state index contributed by atoms with van der Waals surface area (Å²) in [6.07, 6.45) is 1.11. The van der Waals surface area contributed by atoms with Gasteiger partial charge in [-0.2, -0.15) is 0 Å². The van der Waals surface area contributed by atoms with Crippen LogP contribution < -0.4 is 9.64 Å². The maximum Gasteiger partial charge on any atom is 0.231 e. The van der Waals surface area contributed by atoms with E-state index in [-0.39, 0.29) is 18.1 Å². The van der Waals surface area contributed by atoms with Crippen LogP contribution in [0.25, 0.3) is 0 Å². The molecule has 1 atom stereocenters. The summed E-state index contributed by atoms with van der Waals surface area (Å²) in [6, 6.07) is 12.6. The van der Waals surface area contributed by atoms with Gasteiger partial charge < -0.3 is 9.64 Å². The molecule has 0 saturated carbocycles. The number of halogens is 1. The molecule has 2 aromatic carbocycles. The fourth-order valence-electron chi connectivity index (χ4n) is 2.84. The summed E-state index contributed by atoms with van der Waals surface area (Å²) >= 11 is 1.80. The van der Waals surface area contributed by atoms with Gasteiger partial charge in [0.2, 0.25) is 5.91 Å². The highest BCUT2D eigenvalue weighted by molar-refractivity contribution is 8.00. The number of carbonyl (C=O) groups is 1. The molecule has 1 unspecified atom stereocenters. The van der Waals surface area contributed by atoms with Crippen LogP contribution in [-0.4, -0.2) is 24.8 Å². The molecule has 0 radical (unpaired) electrons. The largest absolute Gasteiger partial charge is 0.494 e. The first-order chi connectivity index (χ1) is 11.6. The lowest BCUT2D eigenvalue weighted by Gasteiger charge is -2.22. The summed E-state index contributed by atoms with van der Waals surface area (Å²) in [4.78, 5) is 15.8. The van der Waals surface area contributed by atoms with Crippen LogP contribution in [0.3, 0.4) is 0 Å². The number of carbonyl (C=O) groups excluding carboxylic acids is 1. The highest BCUT2D eigenvalue weighted by Crippen LogP contribution is 2.37. The molecule has 0 N–H and O–H groups in total. The Morgan fingerprint density at radius 3 is 2.88 bits per heavy atom. The number of anilines is 1. The minimum absolute atomic E-state index is 0.0123. The molecule has 1 heterocycles. The molecule has 3 rings (SSSR count). The number of ether oxygens (including phenoxy) is 1. The maximum absolute atomic E-state index is 13.8. The number of hydrogen-bond acceptors (Lipinski definition) is 3. The van der Waals surface area contributed by atoms with E-state index in [2.05, 4.69) is 13.0 Å². The van der Waals surface area contributed by atoms with E-state index in [0.717, 1.165) is 17.0 Å². The van der Waals surface area contributed by atoms with E-state index < -0.39 is 5.82 Å². The van der Waals surface area contributed by atoms with Crippen molar-refractivity contribution in [3.8, 4) is 5.75 Å². The third-order valence-electron chi connectivity index (χ3n) is 4.12. The van der Waals surface area contributed by atoms with Crippen molar-refractivity contribution in [1.82, 2.24) is 0 Å². The Morgan fingerprint density at radius 1 is 1.33 bits per heavy atom. The summed E-state index contributed by atoms with van der Waals surface area (Å²) in [6.45, 7) is 2.86. The van der Waals surface area contributed by atoms with Crippen LogP contribution in [0.1, 0.15) is 18.9 Å². The molecule has 0 spiro atoms. The average Bonchev–Trinajstić information content (AvgIpc) is 2.73. The molecule has 0 bridgehead atoms. The van der Waals surface area contributed by atoms with E-state index >= 15 is 0 Å². The maximum atomic E-state index is 13.8. The SMILES string of the molecule is COc1ccc(CC(=O)N2CCC(C)Sc3ccccc32)cc1F. The Labute approximate surface area is 145 Å². The zero-order valence-corrected chi connectivity index (χ0v) is 14.6. The van der Waals surface area contributed by atoms with Gasteiger partial charge in [0, 0.05) is 16.7 Å². The standard InChI is InChI=1S/C19H20FNO2S/c1-13-9-10-21(16-5-3-4-6-18(16)24-13)19(22)12-14-7-8-17(23-2)15(20)11-14/h3-8,11,13H,9-10,12H2,1-2H3. The molecule has 1 aliphatic rings. The minimum atomic E-state index is -0.441. The van der Waals surface area contributed by atoms with E-state index in [1.165, 1.54) is 13.2 Å². The van der Waals surface area contributed by atoms with E-state index in [9.17, 15) is 9.18 Å².